The number of alkyl halides is 2. The van der Waals surface area contributed by atoms with Crippen molar-refractivity contribution in [2.75, 3.05) is 0 Å². The largest absolute Gasteiger partial charge is 0.481 e. The van der Waals surface area contributed by atoms with E-state index >= 15 is 8.78 Å². The lowest BCUT2D eigenvalue weighted by Gasteiger charge is -2.63. The van der Waals surface area contributed by atoms with Crippen molar-refractivity contribution in [1.29, 1.82) is 0 Å². The van der Waals surface area contributed by atoms with Crippen LogP contribution in [0.3, 0.4) is 0 Å². The maximum atomic E-state index is 17.3. The van der Waals surface area contributed by atoms with Gasteiger partial charge in [-0.2, -0.15) is 0 Å². The molecule has 4 aliphatic carbocycles. The van der Waals surface area contributed by atoms with E-state index in [1.807, 2.05) is 0 Å². The molecule has 4 aliphatic rings. The van der Waals surface area contributed by atoms with Gasteiger partial charge in [-0.3, -0.25) is 14.4 Å². The number of allylic oxidation sites excluding steroid dienone is 4. The Morgan fingerprint density at radius 1 is 1.24 bits per heavy atom. The Bertz CT molecular complexity index is 1120. The van der Waals surface area contributed by atoms with Crippen LogP contribution in [0.1, 0.15) is 60.3 Å². The zero-order valence-electron chi connectivity index (χ0n) is 21.6. The Morgan fingerprint density at radius 2 is 1.84 bits per heavy atom. The van der Waals surface area contributed by atoms with Crippen LogP contribution in [-0.4, -0.2) is 67.6 Å². The maximum absolute atomic E-state index is 17.3. The summed E-state index contributed by atoms with van der Waals surface area (Å²) in [5, 5.41) is 43.6. The molecular formula is C27H35BrF2O7. The first-order valence-corrected chi connectivity index (χ1v) is 13.4. The van der Waals surface area contributed by atoms with Crippen LogP contribution >= 0.6 is 15.9 Å². The lowest BCUT2D eigenvalue weighted by molar-refractivity contribution is -0.225. The highest BCUT2D eigenvalue weighted by Gasteiger charge is 2.77. The minimum atomic E-state index is -2.39. The number of aliphatic carboxylic acids is 1. The molecule has 37 heavy (non-hydrogen) atoms. The number of Topliss-reactive ketones (excluding diaryl/α,β-unsaturated/α-hetero) is 1. The molecule has 0 radical (unpaired) electrons. The van der Waals surface area contributed by atoms with Gasteiger partial charge in [-0.1, -0.05) is 19.9 Å². The van der Waals surface area contributed by atoms with E-state index < -0.39 is 87.6 Å². The van der Waals surface area contributed by atoms with E-state index in [9.17, 15) is 34.8 Å². The lowest BCUT2D eigenvalue weighted by atomic mass is 9.44. The molecule has 206 valence electrons. The van der Waals surface area contributed by atoms with Crippen molar-refractivity contribution >= 4 is 33.5 Å². The summed E-state index contributed by atoms with van der Waals surface area (Å²) in [5.41, 5.74) is -9.12. The van der Waals surface area contributed by atoms with Gasteiger partial charge in [0.1, 0.15) is 17.9 Å². The van der Waals surface area contributed by atoms with Gasteiger partial charge in [0.2, 0.25) is 0 Å². The first kappa shape index (κ1) is 28.5. The van der Waals surface area contributed by atoms with Crippen molar-refractivity contribution in [3.05, 3.63) is 22.2 Å². The fourth-order valence-electron chi connectivity index (χ4n) is 8.04. The summed E-state index contributed by atoms with van der Waals surface area (Å²) in [6.45, 7) is 7.34. The van der Waals surface area contributed by atoms with Crippen molar-refractivity contribution in [2.45, 2.75) is 90.0 Å². The second-order valence-electron chi connectivity index (χ2n) is 12.7. The smallest absolute Gasteiger partial charge is 0.309 e. The predicted molar refractivity (Wildman–Crippen MR) is 133 cm³/mol. The minimum absolute atomic E-state index is 0.0363. The van der Waals surface area contributed by atoms with Crippen LogP contribution in [0.15, 0.2) is 22.2 Å². The van der Waals surface area contributed by atoms with Crippen LogP contribution in [0.4, 0.5) is 8.78 Å². The monoisotopic (exact) mass is 588 g/mol. The van der Waals surface area contributed by atoms with Gasteiger partial charge >= 0.3 is 5.97 Å². The molecule has 0 aliphatic heterocycles. The van der Waals surface area contributed by atoms with Gasteiger partial charge in [-0.05, 0) is 85.9 Å². The molecule has 0 spiro atoms. The fourth-order valence-corrected chi connectivity index (χ4v) is 8.61. The molecule has 0 aromatic heterocycles. The Morgan fingerprint density at radius 3 is 2.41 bits per heavy atom. The van der Waals surface area contributed by atoms with Gasteiger partial charge in [-0.25, -0.2) is 8.78 Å². The van der Waals surface area contributed by atoms with E-state index in [0.29, 0.717) is 0 Å². The first-order chi connectivity index (χ1) is 16.8. The standard InChI is InChI=1S/C27H35BrF2O7/c1-12-6-13-14-7-17(29)15-8-18(31)16(28)9-24(15,4)26(14,30)20(33)11-25(13,5)27(12,37)21(34)19(32)10-23(2,3)22(35)36/h8-9,12-14,17,19-20,32-33,37H,6-7,10-11H2,1-5H3,(H,35,36)/t12-,13+,14+,17-,19?,20+,24+,25+,26+,27+/m1/s1. The number of hydrogen-bond donors (Lipinski definition) is 4. The molecule has 1 unspecified atom stereocenters. The van der Waals surface area contributed by atoms with Crippen LogP contribution in [-0.2, 0) is 14.4 Å². The second-order valence-corrected chi connectivity index (χ2v) is 13.5. The molecule has 3 fully saturated rings. The number of fused-ring (bicyclic) bond motifs is 5. The summed E-state index contributed by atoms with van der Waals surface area (Å²) < 4.78 is 33.0. The summed E-state index contributed by atoms with van der Waals surface area (Å²) in [6.07, 6.45) is -3.76. The molecule has 0 aromatic rings. The summed E-state index contributed by atoms with van der Waals surface area (Å²) >= 11 is 3.14. The van der Waals surface area contributed by atoms with E-state index in [1.165, 1.54) is 26.8 Å². The summed E-state index contributed by atoms with van der Waals surface area (Å²) in [5.74, 6) is -5.27. The van der Waals surface area contributed by atoms with Gasteiger partial charge in [-0.15, -0.1) is 0 Å². The van der Waals surface area contributed by atoms with Crippen molar-refractivity contribution in [3.63, 3.8) is 0 Å². The predicted octanol–water partition coefficient (Wildman–Crippen LogP) is 3.44. The Balaban J connectivity index is 1.78. The number of hydrogen-bond acceptors (Lipinski definition) is 6. The lowest BCUT2D eigenvalue weighted by Crippen LogP contribution is -2.71. The van der Waals surface area contributed by atoms with Crippen molar-refractivity contribution in [1.82, 2.24) is 0 Å². The van der Waals surface area contributed by atoms with Crippen LogP contribution < -0.4 is 0 Å². The number of aliphatic hydroxyl groups excluding tert-OH is 2. The van der Waals surface area contributed by atoms with E-state index in [0.717, 1.165) is 6.08 Å². The quantitative estimate of drug-likeness (QED) is 0.387. The SMILES string of the molecule is C[C@@H]1C[C@H]2[C@@H]3C[C@@H](F)C4=CC(=O)C(Br)=C[C@]4(C)[C@@]3(F)[C@@H](O)C[C@]2(C)[C@@]1(O)C(=O)C(O)CC(C)(C)C(=O)O. The average molecular weight is 589 g/mol. The number of carboxylic acids is 1. The molecule has 3 saturated carbocycles. The van der Waals surface area contributed by atoms with E-state index in [4.69, 9.17) is 0 Å². The second kappa shape index (κ2) is 8.50. The van der Waals surface area contributed by atoms with Crippen LogP contribution in [0, 0.1) is 34.0 Å². The Kier molecular flexibility index (Phi) is 6.55. The van der Waals surface area contributed by atoms with Gasteiger partial charge in [0.15, 0.2) is 17.2 Å². The van der Waals surface area contributed by atoms with Crippen LogP contribution in [0.5, 0.6) is 0 Å². The normalized spacial score (nSPS) is 46.2. The van der Waals surface area contributed by atoms with Gasteiger partial charge in [0.05, 0.1) is 16.0 Å². The molecule has 10 heteroatoms. The fraction of sp³-hybridized carbons (Fsp3) is 0.741. The Hall–Kier alpha value is -1.49. The van der Waals surface area contributed by atoms with Crippen LogP contribution in [0.2, 0.25) is 0 Å². The number of halogens is 3. The van der Waals surface area contributed by atoms with E-state index in [1.54, 1.807) is 13.8 Å². The topological polar surface area (TPSA) is 132 Å². The molecule has 4 N–H and O–H groups in total. The summed E-state index contributed by atoms with van der Waals surface area (Å²) in [7, 11) is 0. The van der Waals surface area contributed by atoms with Crippen LogP contribution in [0.25, 0.3) is 0 Å². The van der Waals surface area contributed by atoms with Gasteiger partial charge < -0.3 is 20.4 Å². The third-order valence-electron chi connectivity index (χ3n) is 10.2. The highest BCUT2D eigenvalue weighted by atomic mass is 79.9. The van der Waals surface area contributed by atoms with E-state index in [-0.39, 0.29) is 29.3 Å². The molecule has 0 heterocycles. The molecule has 10 atom stereocenters. The molecule has 4 rings (SSSR count). The highest BCUT2D eigenvalue weighted by Crippen LogP contribution is 2.71. The van der Waals surface area contributed by atoms with Gasteiger partial charge in [0.25, 0.3) is 0 Å². The van der Waals surface area contributed by atoms with Crippen molar-refractivity contribution in [2.24, 2.45) is 34.0 Å². The third-order valence-corrected chi connectivity index (χ3v) is 10.8. The van der Waals surface area contributed by atoms with Gasteiger partial charge in [0, 0.05) is 16.7 Å². The van der Waals surface area contributed by atoms with Crippen molar-refractivity contribution in [3.8, 4) is 0 Å². The number of carbonyl (C=O) groups is 3. The molecule has 0 aromatic carbocycles. The molecule has 0 bridgehead atoms. The number of carboxylic acid groups (broad SMARTS) is 1. The third kappa shape index (κ3) is 3.54. The minimum Gasteiger partial charge on any atom is -0.481 e. The average Bonchev–Trinajstić information content (AvgIpc) is 2.98. The number of ketones is 2. The first-order valence-electron chi connectivity index (χ1n) is 12.6. The molecular weight excluding hydrogens is 554 g/mol. The Labute approximate surface area is 223 Å². The number of carbonyl (C=O) groups excluding carboxylic acids is 2. The maximum Gasteiger partial charge on any atom is 0.309 e. The van der Waals surface area contributed by atoms with Crippen molar-refractivity contribution < 1.29 is 43.6 Å². The molecule has 0 amide bonds. The zero-order valence-corrected chi connectivity index (χ0v) is 23.2. The number of aliphatic hydroxyl groups is 3. The molecule has 7 nitrogen and oxygen atoms in total. The summed E-state index contributed by atoms with van der Waals surface area (Å²) in [6, 6.07) is 0. The van der Waals surface area contributed by atoms with E-state index in [2.05, 4.69) is 15.9 Å². The summed E-state index contributed by atoms with van der Waals surface area (Å²) in [4.78, 5) is 37.4. The highest BCUT2D eigenvalue weighted by molar-refractivity contribution is 9.12. The number of rotatable bonds is 5. The zero-order chi connectivity index (χ0) is 28.1. The molecule has 0 saturated heterocycles.